The number of aryl methyl sites for hydroxylation is 1. The number of halogens is 4. The van der Waals surface area contributed by atoms with Crippen LogP contribution in [0.1, 0.15) is 10.7 Å². The molecule has 0 aliphatic heterocycles. The maximum absolute atomic E-state index is 14.1. The third-order valence-corrected chi connectivity index (χ3v) is 5.00. The van der Waals surface area contributed by atoms with Crippen molar-refractivity contribution < 1.29 is 8.78 Å². The zero-order chi connectivity index (χ0) is 15.0. The lowest BCUT2D eigenvalue weighted by atomic mass is 10.3. The summed E-state index contributed by atoms with van der Waals surface area (Å²) in [7, 11) is 0. The molecule has 0 aliphatic rings. The van der Waals surface area contributed by atoms with E-state index in [1.54, 1.807) is 15.9 Å². The van der Waals surface area contributed by atoms with Gasteiger partial charge in [-0.2, -0.15) is 0 Å². The van der Waals surface area contributed by atoms with E-state index in [0.29, 0.717) is 30.2 Å². The molecule has 0 N–H and O–H groups in total. The number of alkyl halides is 1. The van der Waals surface area contributed by atoms with E-state index in [0.717, 1.165) is 15.4 Å². The van der Waals surface area contributed by atoms with Crippen molar-refractivity contribution in [2.75, 3.05) is 5.88 Å². The predicted octanol–water partition coefficient (Wildman–Crippen LogP) is 4.97. The molecule has 0 saturated carbocycles. The SMILES string of the molecule is Fc1ccc2nc(CCCl)n(Cc3cc(Br)cs3)c2c1F. The zero-order valence-corrected chi connectivity index (χ0v) is 13.9. The molecule has 0 amide bonds. The van der Waals surface area contributed by atoms with Crippen LogP contribution in [-0.4, -0.2) is 15.4 Å². The largest absolute Gasteiger partial charge is 0.320 e. The van der Waals surface area contributed by atoms with Gasteiger partial charge >= 0.3 is 0 Å². The zero-order valence-electron chi connectivity index (χ0n) is 10.7. The van der Waals surface area contributed by atoms with Crippen LogP contribution >= 0.6 is 38.9 Å². The van der Waals surface area contributed by atoms with Gasteiger partial charge in [0.2, 0.25) is 0 Å². The Balaban J connectivity index is 2.16. The van der Waals surface area contributed by atoms with Crippen LogP contribution in [0, 0.1) is 11.6 Å². The van der Waals surface area contributed by atoms with E-state index in [1.807, 2.05) is 11.4 Å². The molecule has 2 aromatic heterocycles. The van der Waals surface area contributed by atoms with Gasteiger partial charge in [-0.05, 0) is 34.1 Å². The summed E-state index contributed by atoms with van der Waals surface area (Å²) in [4.78, 5) is 5.40. The Morgan fingerprint density at radius 2 is 2.14 bits per heavy atom. The average molecular weight is 392 g/mol. The number of nitrogens with zero attached hydrogens (tertiary/aromatic N) is 2. The Hall–Kier alpha value is -0.980. The van der Waals surface area contributed by atoms with E-state index in [9.17, 15) is 8.78 Å². The van der Waals surface area contributed by atoms with Crippen LogP contribution in [0.3, 0.4) is 0 Å². The molecule has 0 radical (unpaired) electrons. The standard InChI is InChI=1S/C14H10BrClF2N2S/c15-8-5-9(21-7-8)6-20-12(3-4-16)19-11-2-1-10(17)13(18)14(11)20/h1-2,5,7H,3-4,6H2. The second kappa shape index (κ2) is 6.02. The van der Waals surface area contributed by atoms with Crippen LogP contribution in [0.5, 0.6) is 0 Å². The lowest BCUT2D eigenvalue weighted by molar-refractivity contribution is 0.512. The van der Waals surface area contributed by atoms with Crippen LogP contribution in [0.25, 0.3) is 11.0 Å². The highest BCUT2D eigenvalue weighted by atomic mass is 79.9. The minimum atomic E-state index is -0.867. The number of aromatic nitrogens is 2. The van der Waals surface area contributed by atoms with E-state index in [-0.39, 0.29) is 5.52 Å². The van der Waals surface area contributed by atoms with Gasteiger partial charge in [-0.3, -0.25) is 0 Å². The topological polar surface area (TPSA) is 17.8 Å². The normalized spacial score (nSPS) is 11.4. The molecule has 7 heteroatoms. The Labute approximate surface area is 137 Å². The van der Waals surface area contributed by atoms with Crippen molar-refractivity contribution in [2.24, 2.45) is 0 Å². The van der Waals surface area contributed by atoms with E-state index < -0.39 is 11.6 Å². The molecular formula is C14H10BrClF2N2S. The van der Waals surface area contributed by atoms with Crippen molar-refractivity contribution in [3.05, 3.63) is 50.4 Å². The summed E-state index contributed by atoms with van der Waals surface area (Å²) in [6.45, 7) is 0.444. The minimum absolute atomic E-state index is 0.194. The minimum Gasteiger partial charge on any atom is -0.320 e. The summed E-state index contributed by atoms with van der Waals surface area (Å²) in [5, 5.41) is 1.95. The first kappa shape index (κ1) is 14.9. The van der Waals surface area contributed by atoms with Gasteiger partial charge < -0.3 is 4.57 Å². The highest BCUT2D eigenvalue weighted by molar-refractivity contribution is 9.10. The number of rotatable bonds is 4. The van der Waals surface area contributed by atoms with E-state index in [1.165, 1.54) is 6.07 Å². The van der Waals surface area contributed by atoms with Crippen molar-refractivity contribution in [2.45, 2.75) is 13.0 Å². The highest BCUT2D eigenvalue weighted by Gasteiger charge is 2.17. The maximum atomic E-state index is 14.1. The van der Waals surface area contributed by atoms with E-state index >= 15 is 0 Å². The molecule has 0 saturated heterocycles. The number of hydrogen-bond donors (Lipinski definition) is 0. The van der Waals surface area contributed by atoms with Crippen LogP contribution in [0.15, 0.2) is 28.1 Å². The molecule has 2 heterocycles. The van der Waals surface area contributed by atoms with Crippen LogP contribution in [0.4, 0.5) is 8.78 Å². The van der Waals surface area contributed by atoms with Crippen LogP contribution < -0.4 is 0 Å². The van der Waals surface area contributed by atoms with Crippen molar-refractivity contribution in [3.8, 4) is 0 Å². The Kier molecular flexibility index (Phi) is 4.28. The van der Waals surface area contributed by atoms with Crippen molar-refractivity contribution in [1.29, 1.82) is 0 Å². The molecule has 0 bridgehead atoms. The van der Waals surface area contributed by atoms with Crippen LogP contribution in [0.2, 0.25) is 0 Å². The average Bonchev–Trinajstić information content (AvgIpc) is 3.00. The van der Waals surface area contributed by atoms with E-state index in [2.05, 4.69) is 20.9 Å². The molecule has 0 unspecified atom stereocenters. The fraction of sp³-hybridized carbons (Fsp3) is 0.214. The van der Waals surface area contributed by atoms with Gasteiger partial charge in [0.15, 0.2) is 11.6 Å². The molecule has 110 valence electrons. The molecule has 1 aromatic carbocycles. The third kappa shape index (κ3) is 2.84. The first-order valence-corrected chi connectivity index (χ1v) is 8.43. The Morgan fingerprint density at radius 3 is 2.81 bits per heavy atom. The summed E-state index contributed by atoms with van der Waals surface area (Å²) in [5.41, 5.74) is 0.643. The number of thiophene rings is 1. The summed E-state index contributed by atoms with van der Waals surface area (Å²) in [5.74, 6) is -0.694. The molecule has 0 fully saturated rings. The van der Waals surface area contributed by atoms with Crippen molar-refractivity contribution >= 4 is 49.9 Å². The number of hydrogen-bond acceptors (Lipinski definition) is 2. The second-order valence-electron chi connectivity index (χ2n) is 4.51. The summed E-state index contributed by atoms with van der Waals surface area (Å²) in [6, 6.07) is 4.55. The fourth-order valence-corrected chi connectivity index (χ4v) is 3.85. The van der Waals surface area contributed by atoms with Gasteiger partial charge in [-0.25, -0.2) is 13.8 Å². The third-order valence-electron chi connectivity index (χ3n) is 3.13. The first-order chi connectivity index (χ1) is 10.1. The monoisotopic (exact) mass is 390 g/mol. The quantitative estimate of drug-likeness (QED) is 0.574. The molecule has 0 aliphatic carbocycles. The van der Waals surface area contributed by atoms with Gasteiger partial charge in [0, 0.05) is 27.0 Å². The number of fused-ring (bicyclic) bond motifs is 1. The molecular weight excluding hydrogens is 382 g/mol. The Bertz CT molecular complexity index is 800. The predicted molar refractivity (Wildman–Crippen MR) is 85.2 cm³/mol. The number of imidazole rings is 1. The van der Waals surface area contributed by atoms with E-state index in [4.69, 9.17) is 11.6 Å². The van der Waals surface area contributed by atoms with Crippen molar-refractivity contribution in [1.82, 2.24) is 9.55 Å². The van der Waals surface area contributed by atoms with Gasteiger partial charge in [-0.15, -0.1) is 22.9 Å². The lowest BCUT2D eigenvalue weighted by Crippen LogP contribution is -2.06. The van der Waals surface area contributed by atoms with Gasteiger partial charge in [0.25, 0.3) is 0 Å². The fourth-order valence-electron chi connectivity index (χ4n) is 2.24. The molecule has 2 nitrogen and oxygen atoms in total. The molecule has 3 aromatic rings. The second-order valence-corrected chi connectivity index (χ2v) is 6.80. The van der Waals surface area contributed by atoms with Gasteiger partial charge in [0.1, 0.15) is 11.3 Å². The smallest absolute Gasteiger partial charge is 0.184 e. The Morgan fingerprint density at radius 1 is 1.33 bits per heavy atom. The summed E-state index contributed by atoms with van der Waals surface area (Å²) in [6.07, 6.45) is 0.504. The number of benzene rings is 1. The van der Waals surface area contributed by atoms with Gasteiger partial charge in [0.05, 0.1) is 12.1 Å². The molecule has 0 atom stereocenters. The molecule has 0 spiro atoms. The molecule has 21 heavy (non-hydrogen) atoms. The maximum Gasteiger partial charge on any atom is 0.184 e. The van der Waals surface area contributed by atoms with Crippen molar-refractivity contribution in [3.63, 3.8) is 0 Å². The summed E-state index contributed by atoms with van der Waals surface area (Å²) >= 11 is 10.7. The summed E-state index contributed by atoms with van der Waals surface area (Å²) < 4.78 is 30.3. The lowest BCUT2D eigenvalue weighted by Gasteiger charge is -2.07. The molecule has 3 rings (SSSR count). The van der Waals surface area contributed by atoms with Crippen LogP contribution in [-0.2, 0) is 13.0 Å². The first-order valence-electron chi connectivity index (χ1n) is 6.22. The van der Waals surface area contributed by atoms with Gasteiger partial charge in [-0.1, -0.05) is 0 Å². The highest BCUT2D eigenvalue weighted by Crippen LogP contribution is 2.26.